The zero-order valence-corrected chi connectivity index (χ0v) is 19.1. The van der Waals surface area contributed by atoms with Gasteiger partial charge < -0.3 is 15.8 Å². The van der Waals surface area contributed by atoms with Gasteiger partial charge in [-0.2, -0.15) is 5.10 Å². The highest BCUT2D eigenvalue weighted by Gasteiger charge is 2.48. The van der Waals surface area contributed by atoms with Gasteiger partial charge in [0.2, 0.25) is 0 Å². The summed E-state index contributed by atoms with van der Waals surface area (Å²) in [5.41, 5.74) is 8.69. The molecule has 6 nitrogen and oxygen atoms in total. The van der Waals surface area contributed by atoms with Crippen molar-refractivity contribution in [3.63, 3.8) is 0 Å². The zero-order chi connectivity index (χ0) is 22.5. The van der Waals surface area contributed by atoms with Gasteiger partial charge in [-0.25, -0.2) is 9.37 Å². The summed E-state index contributed by atoms with van der Waals surface area (Å²) in [7, 11) is 0. The third kappa shape index (κ3) is 4.17. The van der Waals surface area contributed by atoms with Crippen LogP contribution in [0.2, 0.25) is 10.0 Å². The number of halogens is 3. The lowest BCUT2D eigenvalue weighted by molar-refractivity contribution is 0.227. The average Bonchev–Trinajstić information content (AvgIpc) is 3.16. The van der Waals surface area contributed by atoms with Gasteiger partial charge in [-0.15, -0.1) is 0 Å². The lowest BCUT2D eigenvalue weighted by Gasteiger charge is -2.19. The van der Waals surface area contributed by atoms with Crippen LogP contribution in [0.3, 0.4) is 0 Å². The topological polar surface area (TPSA) is 78.0 Å². The molecule has 3 N–H and O–H groups in total. The van der Waals surface area contributed by atoms with Crippen LogP contribution in [0.5, 0.6) is 5.75 Å². The summed E-state index contributed by atoms with van der Waals surface area (Å²) in [5.74, 6) is 0.0342. The number of nitrogens with zero attached hydrogens (tertiary/aromatic N) is 3. The molecule has 2 unspecified atom stereocenters. The summed E-state index contributed by atoms with van der Waals surface area (Å²) >= 11 is 12.3. The predicted molar refractivity (Wildman–Crippen MR) is 123 cm³/mol. The molecule has 2 fully saturated rings. The first-order valence-electron chi connectivity index (χ1n) is 10.7. The van der Waals surface area contributed by atoms with Gasteiger partial charge in [0.05, 0.1) is 17.8 Å². The van der Waals surface area contributed by atoms with Crippen molar-refractivity contribution in [3.8, 4) is 16.9 Å². The molecule has 32 heavy (non-hydrogen) atoms. The molecule has 1 aliphatic carbocycles. The van der Waals surface area contributed by atoms with Gasteiger partial charge in [0.1, 0.15) is 11.9 Å². The second-order valence-corrected chi connectivity index (χ2v) is 9.64. The molecule has 2 aliphatic rings. The Morgan fingerprint density at radius 2 is 2.12 bits per heavy atom. The summed E-state index contributed by atoms with van der Waals surface area (Å²) in [4.78, 5) is 4.27. The maximum Gasteiger partial charge on any atom is 0.166 e. The van der Waals surface area contributed by atoms with Crippen molar-refractivity contribution >= 4 is 29.0 Å². The summed E-state index contributed by atoms with van der Waals surface area (Å²) < 4.78 is 21.9. The number of hydrogen-bond donors (Lipinski definition) is 2. The Balaban J connectivity index is 1.33. The van der Waals surface area contributed by atoms with E-state index in [4.69, 9.17) is 33.7 Å². The number of nitrogens with one attached hydrogen (secondary N) is 1. The molecular weight excluding hydrogens is 452 g/mol. The van der Waals surface area contributed by atoms with Crippen molar-refractivity contribution in [2.75, 3.05) is 12.3 Å². The highest BCUT2D eigenvalue weighted by atomic mass is 35.5. The second-order valence-electron chi connectivity index (χ2n) is 8.86. The number of benzene rings is 1. The second kappa shape index (κ2) is 8.21. The Morgan fingerprint density at radius 1 is 1.31 bits per heavy atom. The Morgan fingerprint density at radius 3 is 2.88 bits per heavy atom. The molecule has 2 atom stereocenters. The maximum atomic E-state index is 13.9. The van der Waals surface area contributed by atoms with Crippen molar-refractivity contribution in [2.24, 2.45) is 5.41 Å². The molecule has 0 bridgehead atoms. The van der Waals surface area contributed by atoms with Crippen LogP contribution in [0.15, 0.2) is 36.8 Å². The van der Waals surface area contributed by atoms with E-state index < -0.39 is 11.9 Å². The van der Waals surface area contributed by atoms with Gasteiger partial charge in [-0.1, -0.05) is 23.2 Å². The van der Waals surface area contributed by atoms with E-state index in [-0.39, 0.29) is 10.8 Å². The van der Waals surface area contributed by atoms with Crippen LogP contribution in [-0.2, 0) is 6.54 Å². The number of rotatable bonds is 6. The van der Waals surface area contributed by atoms with Crippen molar-refractivity contribution < 1.29 is 9.13 Å². The van der Waals surface area contributed by atoms with E-state index in [1.165, 1.54) is 31.4 Å². The Bertz CT molecular complexity index is 1160. The first kappa shape index (κ1) is 21.5. The fraction of sp³-hybridized carbons (Fsp3) is 0.391. The van der Waals surface area contributed by atoms with Gasteiger partial charge >= 0.3 is 0 Å². The monoisotopic (exact) mass is 475 g/mol. The maximum absolute atomic E-state index is 13.9. The molecule has 3 aromatic rings. The molecule has 1 spiro atoms. The van der Waals surface area contributed by atoms with Gasteiger partial charge in [-0.05, 0) is 49.8 Å². The molecule has 1 saturated heterocycles. The van der Waals surface area contributed by atoms with E-state index in [0.717, 1.165) is 24.2 Å². The average molecular weight is 476 g/mol. The number of nitrogens with two attached hydrogens (primary N) is 1. The standard InChI is InChI=1S/C23H24Cl2FN5O/c1-13(20-17(24)2-3-18(26)21(20)25)32-19-6-14(8-28-22(19)27)15-9-30-31(10-15)11-16-7-23(4-5-23)12-29-16/h2-3,6,8-10,13,16,29H,4-5,7,11-12H2,1H3,(H2,27,28). The lowest BCUT2D eigenvalue weighted by Crippen LogP contribution is -2.26. The normalized spacial score (nSPS) is 19.9. The van der Waals surface area contributed by atoms with E-state index >= 15 is 0 Å². The molecule has 168 valence electrons. The first-order valence-corrected chi connectivity index (χ1v) is 11.4. The molecule has 0 amide bonds. The third-order valence-electron chi connectivity index (χ3n) is 6.45. The van der Waals surface area contributed by atoms with Gasteiger partial charge in [0.15, 0.2) is 11.6 Å². The SMILES string of the molecule is CC(Oc1cc(-c2cnn(CC3CC4(CC4)CN3)c2)cnc1N)c1c(Cl)ccc(F)c1Cl. The number of anilines is 1. The summed E-state index contributed by atoms with van der Waals surface area (Å²) in [5, 5.41) is 8.39. The van der Waals surface area contributed by atoms with E-state index in [0.29, 0.717) is 27.8 Å². The summed E-state index contributed by atoms with van der Waals surface area (Å²) in [6, 6.07) is 4.93. The van der Waals surface area contributed by atoms with Crippen LogP contribution in [0.4, 0.5) is 10.2 Å². The van der Waals surface area contributed by atoms with Crippen LogP contribution >= 0.6 is 23.2 Å². The summed E-state index contributed by atoms with van der Waals surface area (Å²) in [6.07, 6.45) is 8.76. The van der Waals surface area contributed by atoms with Crippen molar-refractivity contribution in [1.82, 2.24) is 20.1 Å². The van der Waals surface area contributed by atoms with Gasteiger partial charge in [-0.3, -0.25) is 4.68 Å². The quantitative estimate of drug-likeness (QED) is 0.475. The molecule has 3 heterocycles. The van der Waals surface area contributed by atoms with E-state index in [1.54, 1.807) is 19.2 Å². The Labute approximate surface area is 195 Å². The van der Waals surface area contributed by atoms with E-state index in [1.807, 2.05) is 17.1 Å². The van der Waals surface area contributed by atoms with Gasteiger partial charge in [0.25, 0.3) is 0 Å². The van der Waals surface area contributed by atoms with Crippen LogP contribution in [0.1, 0.15) is 37.9 Å². The van der Waals surface area contributed by atoms with Crippen molar-refractivity contribution in [1.29, 1.82) is 0 Å². The first-order chi connectivity index (χ1) is 15.3. The molecular formula is C23H24Cl2FN5O. The molecule has 0 radical (unpaired) electrons. The van der Waals surface area contributed by atoms with Gasteiger partial charge in [0, 0.05) is 46.7 Å². The molecule has 9 heteroatoms. The smallest absolute Gasteiger partial charge is 0.166 e. The van der Waals surface area contributed by atoms with Crippen LogP contribution < -0.4 is 15.8 Å². The Hall–Kier alpha value is -2.35. The predicted octanol–water partition coefficient (Wildman–Crippen LogP) is 5.26. The highest BCUT2D eigenvalue weighted by Crippen LogP contribution is 2.52. The fourth-order valence-electron chi connectivity index (χ4n) is 4.43. The molecule has 1 saturated carbocycles. The van der Waals surface area contributed by atoms with Crippen molar-refractivity contribution in [3.05, 3.63) is 58.2 Å². The highest BCUT2D eigenvalue weighted by molar-refractivity contribution is 6.36. The lowest BCUT2D eigenvalue weighted by atomic mass is 10.0. The van der Waals surface area contributed by atoms with Crippen LogP contribution in [0, 0.1) is 11.2 Å². The number of hydrogen-bond acceptors (Lipinski definition) is 5. The molecule has 1 aromatic carbocycles. The largest absolute Gasteiger partial charge is 0.482 e. The molecule has 1 aliphatic heterocycles. The summed E-state index contributed by atoms with van der Waals surface area (Å²) in [6.45, 7) is 3.69. The number of nitrogen functional groups attached to an aromatic ring is 1. The minimum absolute atomic E-state index is 0.0672. The van der Waals surface area contributed by atoms with Crippen LogP contribution in [-0.4, -0.2) is 27.4 Å². The van der Waals surface area contributed by atoms with E-state index in [9.17, 15) is 4.39 Å². The fourth-order valence-corrected chi connectivity index (χ4v) is 5.10. The molecule has 2 aromatic heterocycles. The minimum Gasteiger partial charge on any atom is -0.482 e. The van der Waals surface area contributed by atoms with Crippen LogP contribution in [0.25, 0.3) is 11.1 Å². The minimum atomic E-state index is -0.629. The Kier molecular flexibility index (Phi) is 5.51. The zero-order valence-electron chi connectivity index (χ0n) is 17.6. The van der Waals surface area contributed by atoms with Crippen molar-refractivity contribution in [2.45, 2.75) is 44.9 Å². The number of aromatic nitrogens is 3. The third-order valence-corrected chi connectivity index (χ3v) is 7.16. The van der Waals surface area contributed by atoms with E-state index in [2.05, 4.69) is 15.4 Å². The number of pyridine rings is 1. The number of ether oxygens (including phenoxy) is 1. The molecule has 5 rings (SSSR count).